The first-order valence-electron chi connectivity index (χ1n) is 8.31. The number of nitrogens with one attached hydrogen (secondary N) is 1. The number of nitrogens with zero attached hydrogens (tertiary/aromatic N) is 1. The molecule has 0 saturated carbocycles. The Morgan fingerprint density at radius 1 is 1.09 bits per heavy atom. The Hall–Kier alpha value is -1.29. The van der Waals surface area contributed by atoms with Gasteiger partial charge in [0.25, 0.3) is 0 Å². The Bertz CT molecular complexity index is 675. The number of hydrogen-bond donors (Lipinski definition) is 1. The maximum atomic E-state index is 5.30. The summed E-state index contributed by atoms with van der Waals surface area (Å²) in [6, 6.07) is 13.1. The molecule has 2 fully saturated rings. The second kappa shape index (κ2) is 7.08. The van der Waals surface area contributed by atoms with Crippen molar-refractivity contribution in [3.05, 3.63) is 42.0 Å². The van der Waals surface area contributed by atoms with Crippen LogP contribution in [-0.4, -0.2) is 38.2 Å². The molecule has 0 aliphatic carbocycles. The molecular formula is C19H25ClN2O. The molecule has 2 aromatic rings. The lowest BCUT2D eigenvalue weighted by molar-refractivity contribution is 0.142. The van der Waals surface area contributed by atoms with Crippen molar-refractivity contribution in [1.82, 2.24) is 10.2 Å². The Morgan fingerprint density at radius 3 is 2.74 bits per heavy atom. The summed E-state index contributed by atoms with van der Waals surface area (Å²) in [4.78, 5) is 2.62. The van der Waals surface area contributed by atoms with Gasteiger partial charge in [0, 0.05) is 13.1 Å². The van der Waals surface area contributed by atoms with Gasteiger partial charge in [-0.15, -0.1) is 12.4 Å². The van der Waals surface area contributed by atoms with Crippen molar-refractivity contribution in [1.29, 1.82) is 0 Å². The predicted octanol–water partition coefficient (Wildman–Crippen LogP) is 3.31. The zero-order valence-corrected chi connectivity index (χ0v) is 14.4. The average Bonchev–Trinajstić information content (AvgIpc) is 3.02. The first kappa shape index (κ1) is 16.6. The van der Waals surface area contributed by atoms with E-state index in [9.17, 15) is 0 Å². The number of halogens is 1. The van der Waals surface area contributed by atoms with E-state index >= 15 is 0 Å². The third-order valence-corrected chi connectivity index (χ3v) is 5.31. The van der Waals surface area contributed by atoms with E-state index in [1.165, 1.54) is 48.9 Å². The predicted molar refractivity (Wildman–Crippen MR) is 97.5 cm³/mol. The van der Waals surface area contributed by atoms with Crippen LogP contribution in [-0.2, 0) is 6.54 Å². The van der Waals surface area contributed by atoms with E-state index in [0.717, 1.165) is 24.1 Å². The Kier molecular flexibility index (Phi) is 5.10. The monoisotopic (exact) mass is 332 g/mol. The zero-order valence-electron chi connectivity index (χ0n) is 13.6. The van der Waals surface area contributed by atoms with Crippen LogP contribution in [0.25, 0.3) is 10.8 Å². The van der Waals surface area contributed by atoms with Crippen LogP contribution in [0.2, 0.25) is 0 Å². The lowest BCUT2D eigenvalue weighted by Gasteiger charge is -2.34. The highest BCUT2D eigenvalue weighted by atomic mass is 35.5. The summed E-state index contributed by atoms with van der Waals surface area (Å²) in [7, 11) is 1.72. The summed E-state index contributed by atoms with van der Waals surface area (Å²) in [5.74, 6) is 2.70. The fourth-order valence-corrected chi connectivity index (χ4v) is 4.01. The van der Waals surface area contributed by atoms with Crippen molar-refractivity contribution in [3.8, 4) is 5.75 Å². The number of fused-ring (bicyclic) bond motifs is 2. The van der Waals surface area contributed by atoms with Gasteiger partial charge in [0.1, 0.15) is 5.75 Å². The summed E-state index contributed by atoms with van der Waals surface area (Å²) in [5.41, 5.74) is 1.42. The van der Waals surface area contributed by atoms with E-state index in [1.807, 2.05) is 6.07 Å². The number of ether oxygens (including phenoxy) is 1. The number of benzene rings is 2. The molecule has 2 aliphatic heterocycles. The fourth-order valence-electron chi connectivity index (χ4n) is 4.01. The Morgan fingerprint density at radius 2 is 1.87 bits per heavy atom. The van der Waals surface area contributed by atoms with Crippen LogP contribution in [0.15, 0.2) is 36.4 Å². The lowest BCUT2D eigenvalue weighted by atomic mass is 9.88. The van der Waals surface area contributed by atoms with Crippen LogP contribution in [0.4, 0.5) is 0 Å². The quantitative estimate of drug-likeness (QED) is 0.933. The zero-order chi connectivity index (χ0) is 14.9. The highest BCUT2D eigenvalue weighted by Crippen LogP contribution is 2.28. The van der Waals surface area contributed by atoms with Crippen molar-refractivity contribution in [2.45, 2.75) is 13.0 Å². The summed E-state index contributed by atoms with van der Waals surface area (Å²) in [6.07, 6.45) is 1.35. The van der Waals surface area contributed by atoms with Crippen LogP contribution < -0.4 is 10.1 Å². The average molecular weight is 333 g/mol. The number of hydrogen-bond acceptors (Lipinski definition) is 3. The van der Waals surface area contributed by atoms with Gasteiger partial charge in [-0.3, -0.25) is 4.90 Å². The maximum Gasteiger partial charge on any atom is 0.119 e. The molecule has 2 saturated heterocycles. The molecule has 3 nitrogen and oxygen atoms in total. The van der Waals surface area contributed by atoms with E-state index in [2.05, 4.69) is 40.5 Å². The topological polar surface area (TPSA) is 24.5 Å². The number of likely N-dealkylation sites (tertiary alicyclic amines) is 1. The van der Waals surface area contributed by atoms with Gasteiger partial charge in [0.2, 0.25) is 0 Å². The molecule has 23 heavy (non-hydrogen) atoms. The molecule has 0 radical (unpaired) electrons. The fraction of sp³-hybridized carbons (Fsp3) is 0.474. The second-order valence-corrected chi connectivity index (χ2v) is 6.75. The van der Waals surface area contributed by atoms with E-state index < -0.39 is 0 Å². The normalized spacial score (nSPS) is 24.2. The molecule has 0 spiro atoms. The minimum absolute atomic E-state index is 0. The van der Waals surface area contributed by atoms with Crippen LogP contribution >= 0.6 is 12.4 Å². The minimum atomic E-state index is 0. The molecule has 2 aromatic carbocycles. The SMILES string of the molecule is COc1ccc2cc(CN3CCC4CNCC4C3)ccc2c1.Cl. The standard InChI is InChI=1S/C19H24N2O.ClH/c1-22-19-5-4-15-8-14(2-3-16(15)9-19)12-21-7-6-17-10-20-11-18(17)13-21;/h2-5,8-9,17-18,20H,6-7,10-13H2,1H3;1H. The maximum absolute atomic E-state index is 5.30. The summed E-state index contributed by atoms with van der Waals surface area (Å²) < 4.78 is 5.30. The van der Waals surface area contributed by atoms with Crippen LogP contribution in [0, 0.1) is 11.8 Å². The van der Waals surface area contributed by atoms with Crippen molar-refractivity contribution < 1.29 is 4.74 Å². The molecule has 124 valence electrons. The summed E-state index contributed by atoms with van der Waals surface area (Å²) >= 11 is 0. The second-order valence-electron chi connectivity index (χ2n) is 6.75. The van der Waals surface area contributed by atoms with Crippen LogP contribution in [0.3, 0.4) is 0 Å². The first-order chi connectivity index (χ1) is 10.8. The minimum Gasteiger partial charge on any atom is -0.497 e. The van der Waals surface area contributed by atoms with Gasteiger partial charge < -0.3 is 10.1 Å². The van der Waals surface area contributed by atoms with Gasteiger partial charge in [-0.1, -0.05) is 18.2 Å². The highest BCUT2D eigenvalue weighted by molar-refractivity contribution is 5.85. The molecule has 2 unspecified atom stereocenters. The van der Waals surface area contributed by atoms with Crippen LogP contribution in [0.5, 0.6) is 5.75 Å². The van der Waals surface area contributed by atoms with Crippen molar-refractivity contribution in [2.24, 2.45) is 11.8 Å². The number of methoxy groups -OCH3 is 1. The van der Waals surface area contributed by atoms with Crippen molar-refractivity contribution >= 4 is 23.2 Å². The molecule has 2 heterocycles. The molecule has 4 heteroatoms. The van der Waals surface area contributed by atoms with Gasteiger partial charge in [0.05, 0.1) is 7.11 Å². The molecule has 0 aromatic heterocycles. The van der Waals surface area contributed by atoms with Gasteiger partial charge >= 0.3 is 0 Å². The van der Waals surface area contributed by atoms with Gasteiger partial charge in [-0.05, 0) is 72.4 Å². The molecule has 0 amide bonds. The first-order valence-corrected chi connectivity index (χ1v) is 8.31. The number of rotatable bonds is 3. The third kappa shape index (κ3) is 3.47. The molecule has 2 aliphatic rings. The van der Waals surface area contributed by atoms with Crippen molar-refractivity contribution in [3.63, 3.8) is 0 Å². The summed E-state index contributed by atoms with van der Waals surface area (Å²) in [5, 5.41) is 6.10. The molecule has 2 atom stereocenters. The third-order valence-electron chi connectivity index (χ3n) is 5.31. The van der Waals surface area contributed by atoms with E-state index in [-0.39, 0.29) is 12.4 Å². The van der Waals surface area contributed by atoms with Gasteiger partial charge in [0.15, 0.2) is 0 Å². The smallest absolute Gasteiger partial charge is 0.119 e. The summed E-state index contributed by atoms with van der Waals surface area (Å²) in [6.45, 7) is 6.00. The Balaban J connectivity index is 0.00000156. The van der Waals surface area contributed by atoms with Crippen LogP contribution in [0.1, 0.15) is 12.0 Å². The van der Waals surface area contributed by atoms with Crippen molar-refractivity contribution in [2.75, 3.05) is 33.3 Å². The largest absolute Gasteiger partial charge is 0.497 e. The molecular weight excluding hydrogens is 308 g/mol. The number of piperidine rings is 1. The Labute approximate surface area is 144 Å². The van der Waals surface area contributed by atoms with E-state index in [1.54, 1.807) is 7.11 Å². The van der Waals surface area contributed by atoms with Gasteiger partial charge in [-0.2, -0.15) is 0 Å². The highest BCUT2D eigenvalue weighted by Gasteiger charge is 2.32. The molecule has 4 rings (SSSR count). The molecule has 0 bridgehead atoms. The lowest BCUT2D eigenvalue weighted by Crippen LogP contribution is -2.39. The van der Waals surface area contributed by atoms with E-state index in [4.69, 9.17) is 4.74 Å². The van der Waals surface area contributed by atoms with E-state index in [0.29, 0.717) is 0 Å². The molecule has 1 N–H and O–H groups in total. The van der Waals surface area contributed by atoms with Gasteiger partial charge in [-0.25, -0.2) is 0 Å².